The van der Waals surface area contributed by atoms with E-state index in [1.54, 1.807) is 54.6 Å². The van der Waals surface area contributed by atoms with Gasteiger partial charge in [0.05, 0.1) is 14.2 Å². The summed E-state index contributed by atoms with van der Waals surface area (Å²) in [5.41, 5.74) is 0.673. The van der Waals surface area contributed by atoms with Gasteiger partial charge in [-0.3, -0.25) is 4.79 Å². The van der Waals surface area contributed by atoms with Crippen molar-refractivity contribution in [3.8, 4) is 29.7 Å². The first kappa shape index (κ1) is 19.8. The number of allylic oxidation sites excluding steroid dienone is 2. The first-order valence-corrected chi connectivity index (χ1v) is 7.91. The van der Waals surface area contributed by atoms with Gasteiger partial charge in [0.2, 0.25) is 0 Å². The molecule has 8 heteroatoms. The van der Waals surface area contributed by atoms with E-state index in [4.69, 9.17) is 25.3 Å². The Labute approximate surface area is 161 Å². The SMILES string of the molecule is COc1ccc(NC(=O)c2cccc(NC(C#N)=C(C#N)C#N)c2)cc1OC. The molecule has 0 radical (unpaired) electrons. The Morgan fingerprint density at radius 1 is 0.857 bits per heavy atom. The number of anilines is 2. The van der Waals surface area contributed by atoms with E-state index in [0.29, 0.717) is 28.4 Å². The fourth-order valence-corrected chi connectivity index (χ4v) is 2.28. The predicted molar refractivity (Wildman–Crippen MR) is 101 cm³/mol. The number of methoxy groups -OCH3 is 2. The minimum absolute atomic E-state index is 0.192. The van der Waals surface area contributed by atoms with Gasteiger partial charge in [-0.25, -0.2) is 0 Å². The van der Waals surface area contributed by atoms with E-state index in [1.807, 2.05) is 0 Å². The molecule has 0 heterocycles. The van der Waals surface area contributed by atoms with Gasteiger partial charge in [0.25, 0.3) is 5.91 Å². The van der Waals surface area contributed by atoms with Crippen molar-refractivity contribution in [2.45, 2.75) is 0 Å². The van der Waals surface area contributed by atoms with Gasteiger partial charge in [0, 0.05) is 23.0 Å². The number of benzene rings is 2. The predicted octanol–water partition coefficient (Wildman–Crippen LogP) is 3.19. The van der Waals surface area contributed by atoms with Crippen molar-refractivity contribution < 1.29 is 14.3 Å². The molecular weight excluding hydrogens is 358 g/mol. The molecule has 2 N–H and O–H groups in total. The topological polar surface area (TPSA) is 131 Å². The second-order valence-corrected chi connectivity index (χ2v) is 5.32. The summed E-state index contributed by atoms with van der Waals surface area (Å²) in [6, 6.07) is 16.3. The number of rotatable bonds is 6. The number of nitriles is 3. The van der Waals surface area contributed by atoms with Crippen LogP contribution in [0.15, 0.2) is 53.7 Å². The molecule has 0 aliphatic heterocycles. The molecule has 0 aromatic heterocycles. The molecule has 0 aliphatic carbocycles. The maximum atomic E-state index is 12.5. The van der Waals surface area contributed by atoms with Crippen LogP contribution in [-0.2, 0) is 0 Å². The molecule has 1 amide bonds. The van der Waals surface area contributed by atoms with Crippen LogP contribution in [0.3, 0.4) is 0 Å². The van der Waals surface area contributed by atoms with Crippen molar-refractivity contribution in [1.29, 1.82) is 15.8 Å². The largest absolute Gasteiger partial charge is 0.493 e. The molecule has 0 saturated heterocycles. The van der Waals surface area contributed by atoms with Crippen LogP contribution < -0.4 is 20.1 Å². The van der Waals surface area contributed by atoms with Gasteiger partial charge in [-0.2, -0.15) is 15.8 Å². The number of nitrogens with zero attached hydrogens (tertiary/aromatic N) is 3. The molecule has 8 nitrogen and oxygen atoms in total. The van der Waals surface area contributed by atoms with Gasteiger partial charge in [0.1, 0.15) is 23.9 Å². The molecule has 0 aliphatic rings. The van der Waals surface area contributed by atoms with E-state index in [0.717, 1.165) is 0 Å². The quantitative estimate of drug-likeness (QED) is 0.743. The van der Waals surface area contributed by atoms with E-state index in [9.17, 15) is 4.79 Å². The van der Waals surface area contributed by atoms with Crippen LogP contribution in [0.5, 0.6) is 11.5 Å². The van der Waals surface area contributed by atoms with Gasteiger partial charge in [-0.05, 0) is 30.3 Å². The number of ether oxygens (including phenoxy) is 2. The third-order valence-electron chi connectivity index (χ3n) is 3.62. The number of hydrogen-bond donors (Lipinski definition) is 2. The number of carbonyl (C=O) groups is 1. The Balaban J connectivity index is 2.24. The Kier molecular flexibility index (Phi) is 6.58. The standard InChI is InChI=1S/C20H15N5O3/c1-27-18-7-6-16(9-19(18)28-2)25-20(26)13-4-3-5-15(8-13)24-17(12-23)14(10-21)11-22/h3-9,24H,1-2H3,(H,25,26). The number of carbonyl (C=O) groups excluding carboxylic acids is 1. The Hall–Kier alpha value is -4.48. The fraction of sp³-hybridized carbons (Fsp3) is 0.100. The normalized spacial score (nSPS) is 9.11. The summed E-state index contributed by atoms with van der Waals surface area (Å²) in [6.07, 6.45) is 0. The molecule has 0 saturated carbocycles. The maximum absolute atomic E-state index is 12.5. The molecule has 0 unspecified atom stereocenters. The summed E-state index contributed by atoms with van der Waals surface area (Å²) >= 11 is 0. The van der Waals surface area contributed by atoms with Crippen molar-refractivity contribution in [3.05, 3.63) is 59.3 Å². The molecule has 138 valence electrons. The smallest absolute Gasteiger partial charge is 0.255 e. The van der Waals surface area contributed by atoms with Gasteiger partial charge in [-0.15, -0.1) is 0 Å². The highest BCUT2D eigenvalue weighted by Crippen LogP contribution is 2.30. The molecule has 0 fully saturated rings. The summed E-state index contributed by atoms with van der Waals surface area (Å²) < 4.78 is 10.4. The van der Waals surface area contributed by atoms with Crippen LogP contribution in [0.4, 0.5) is 11.4 Å². The highest BCUT2D eigenvalue weighted by atomic mass is 16.5. The van der Waals surface area contributed by atoms with Crippen LogP contribution in [0.25, 0.3) is 0 Å². The van der Waals surface area contributed by atoms with Gasteiger partial charge in [-0.1, -0.05) is 6.07 Å². The Bertz CT molecular complexity index is 1040. The van der Waals surface area contributed by atoms with Gasteiger partial charge in [0.15, 0.2) is 17.1 Å². The van der Waals surface area contributed by atoms with Gasteiger partial charge >= 0.3 is 0 Å². The first-order valence-electron chi connectivity index (χ1n) is 7.91. The summed E-state index contributed by atoms with van der Waals surface area (Å²) in [7, 11) is 3.01. The summed E-state index contributed by atoms with van der Waals surface area (Å²) in [5, 5.41) is 32.3. The lowest BCUT2D eigenvalue weighted by Gasteiger charge is -2.11. The van der Waals surface area contributed by atoms with Crippen molar-refractivity contribution in [2.24, 2.45) is 0 Å². The second-order valence-electron chi connectivity index (χ2n) is 5.32. The molecule has 0 bridgehead atoms. The summed E-state index contributed by atoms with van der Waals surface area (Å²) in [6.45, 7) is 0. The second kappa shape index (κ2) is 9.28. The highest BCUT2D eigenvalue weighted by Gasteiger charge is 2.11. The molecule has 0 atom stereocenters. The highest BCUT2D eigenvalue weighted by molar-refractivity contribution is 6.05. The third-order valence-corrected chi connectivity index (χ3v) is 3.62. The maximum Gasteiger partial charge on any atom is 0.255 e. The minimum Gasteiger partial charge on any atom is -0.493 e. The summed E-state index contributed by atoms with van der Waals surface area (Å²) in [5.74, 6) is 0.618. The third kappa shape index (κ3) is 4.57. The number of nitrogens with one attached hydrogen (secondary N) is 2. The lowest BCUT2D eigenvalue weighted by molar-refractivity contribution is 0.102. The average molecular weight is 373 g/mol. The fourth-order valence-electron chi connectivity index (χ4n) is 2.28. The van der Waals surface area contributed by atoms with Crippen LogP contribution >= 0.6 is 0 Å². The van der Waals surface area contributed by atoms with Crippen LogP contribution in [-0.4, -0.2) is 20.1 Å². The lowest BCUT2D eigenvalue weighted by Crippen LogP contribution is -2.12. The number of hydrogen-bond acceptors (Lipinski definition) is 7. The van der Waals surface area contributed by atoms with Crippen molar-refractivity contribution >= 4 is 17.3 Å². The first-order chi connectivity index (χ1) is 13.6. The zero-order valence-electron chi connectivity index (χ0n) is 15.1. The van der Waals surface area contributed by atoms with Crippen LogP contribution in [0.1, 0.15) is 10.4 Å². The molecule has 2 aromatic carbocycles. The van der Waals surface area contributed by atoms with E-state index in [2.05, 4.69) is 10.6 Å². The minimum atomic E-state index is -0.390. The molecule has 0 spiro atoms. The zero-order chi connectivity index (χ0) is 20.5. The molecular formula is C20H15N5O3. The summed E-state index contributed by atoms with van der Waals surface area (Å²) in [4.78, 5) is 12.5. The van der Waals surface area contributed by atoms with E-state index < -0.39 is 0 Å². The van der Waals surface area contributed by atoms with E-state index in [1.165, 1.54) is 20.3 Å². The van der Waals surface area contributed by atoms with Crippen molar-refractivity contribution in [3.63, 3.8) is 0 Å². The van der Waals surface area contributed by atoms with E-state index >= 15 is 0 Å². The van der Waals surface area contributed by atoms with Crippen LogP contribution in [0.2, 0.25) is 0 Å². The Morgan fingerprint density at radius 2 is 1.54 bits per heavy atom. The van der Waals surface area contributed by atoms with Gasteiger partial charge < -0.3 is 20.1 Å². The number of amides is 1. The molecule has 28 heavy (non-hydrogen) atoms. The average Bonchev–Trinajstić information content (AvgIpc) is 2.73. The van der Waals surface area contributed by atoms with Crippen molar-refractivity contribution in [2.75, 3.05) is 24.9 Å². The molecule has 2 aromatic rings. The molecule has 2 rings (SSSR count). The zero-order valence-corrected chi connectivity index (χ0v) is 15.1. The monoisotopic (exact) mass is 373 g/mol. The van der Waals surface area contributed by atoms with E-state index in [-0.39, 0.29) is 17.2 Å². The lowest BCUT2D eigenvalue weighted by atomic mass is 10.1. The van der Waals surface area contributed by atoms with Crippen molar-refractivity contribution in [1.82, 2.24) is 0 Å². The Morgan fingerprint density at radius 3 is 2.14 bits per heavy atom. The van der Waals surface area contributed by atoms with Crippen LogP contribution in [0, 0.1) is 34.0 Å².